The molecule has 0 saturated heterocycles. The Bertz CT molecular complexity index is 957. The lowest BCUT2D eigenvalue weighted by Gasteiger charge is -2.19. The Morgan fingerprint density at radius 1 is 1.14 bits per heavy atom. The molecular weight excluding hydrogens is 400 g/mol. The Balaban J connectivity index is 2.23. The van der Waals surface area contributed by atoms with Gasteiger partial charge in [-0.3, -0.25) is 4.79 Å². The number of carbonyl (C=O) groups is 1. The molecule has 0 aliphatic heterocycles. The van der Waals surface area contributed by atoms with Gasteiger partial charge >= 0.3 is 0 Å². The number of methoxy groups -OCH3 is 1. The van der Waals surface area contributed by atoms with E-state index in [0.717, 1.165) is 11.1 Å². The summed E-state index contributed by atoms with van der Waals surface area (Å²) in [6, 6.07) is 9.84. The molecule has 152 valence electrons. The highest BCUT2D eigenvalue weighted by Gasteiger charge is 2.22. The zero-order chi connectivity index (χ0) is 20.9. The van der Waals surface area contributed by atoms with Gasteiger partial charge in [0.1, 0.15) is 5.75 Å². The van der Waals surface area contributed by atoms with E-state index in [1.807, 2.05) is 19.1 Å². The van der Waals surface area contributed by atoms with Crippen LogP contribution in [0.2, 0.25) is 5.02 Å². The predicted octanol–water partition coefficient (Wildman–Crippen LogP) is 3.87. The summed E-state index contributed by atoms with van der Waals surface area (Å²) in [6.45, 7) is 6.19. The summed E-state index contributed by atoms with van der Waals surface area (Å²) in [5.41, 5.74) is 2.02. The van der Waals surface area contributed by atoms with Crippen LogP contribution in [0.1, 0.15) is 25.0 Å². The topological polar surface area (TPSA) is 75.7 Å². The molecule has 0 spiro atoms. The Morgan fingerprint density at radius 3 is 2.43 bits per heavy atom. The van der Waals surface area contributed by atoms with Crippen LogP contribution in [0.4, 0.5) is 5.69 Å². The first-order chi connectivity index (χ1) is 13.2. The molecule has 28 heavy (non-hydrogen) atoms. The maximum absolute atomic E-state index is 12.7. The molecule has 0 aromatic heterocycles. The quantitative estimate of drug-likeness (QED) is 0.697. The number of sulfonamides is 1. The van der Waals surface area contributed by atoms with Gasteiger partial charge in [-0.25, -0.2) is 8.42 Å². The van der Waals surface area contributed by atoms with Crippen LogP contribution in [0.5, 0.6) is 5.75 Å². The van der Waals surface area contributed by atoms with Gasteiger partial charge in [0.15, 0.2) is 0 Å². The second-order valence-electron chi connectivity index (χ2n) is 6.26. The first kappa shape index (κ1) is 22.2. The number of hydrogen-bond acceptors (Lipinski definition) is 4. The molecule has 1 N–H and O–H groups in total. The Labute approximate surface area is 171 Å². The van der Waals surface area contributed by atoms with Gasteiger partial charge in [0.2, 0.25) is 15.9 Å². The van der Waals surface area contributed by atoms with Gasteiger partial charge in [0, 0.05) is 13.1 Å². The van der Waals surface area contributed by atoms with E-state index in [1.54, 1.807) is 27.0 Å². The second kappa shape index (κ2) is 9.41. The van der Waals surface area contributed by atoms with Crippen molar-refractivity contribution in [3.8, 4) is 5.75 Å². The zero-order valence-electron chi connectivity index (χ0n) is 16.5. The highest BCUT2D eigenvalue weighted by atomic mass is 35.5. The summed E-state index contributed by atoms with van der Waals surface area (Å²) in [4.78, 5) is 12.5. The molecule has 0 aliphatic carbocycles. The van der Waals surface area contributed by atoms with E-state index < -0.39 is 10.0 Å². The minimum Gasteiger partial charge on any atom is -0.496 e. The Kier molecular flexibility index (Phi) is 7.46. The summed E-state index contributed by atoms with van der Waals surface area (Å²) in [5, 5.41) is 2.98. The predicted molar refractivity (Wildman–Crippen MR) is 112 cm³/mol. The zero-order valence-corrected chi connectivity index (χ0v) is 18.0. The lowest BCUT2D eigenvalue weighted by molar-refractivity contribution is -0.115. The third-order valence-corrected chi connectivity index (χ3v) is 6.77. The molecule has 2 rings (SSSR count). The number of ether oxygens (including phenoxy) is 1. The molecule has 0 aliphatic rings. The maximum atomic E-state index is 12.7. The van der Waals surface area contributed by atoms with Crippen LogP contribution in [-0.4, -0.2) is 38.8 Å². The van der Waals surface area contributed by atoms with Crippen molar-refractivity contribution >= 4 is 33.2 Å². The van der Waals surface area contributed by atoms with Crippen molar-refractivity contribution in [2.24, 2.45) is 0 Å². The van der Waals surface area contributed by atoms with E-state index in [9.17, 15) is 13.2 Å². The molecule has 1 amide bonds. The van der Waals surface area contributed by atoms with Crippen LogP contribution in [0.3, 0.4) is 0 Å². The van der Waals surface area contributed by atoms with Gasteiger partial charge in [-0.1, -0.05) is 37.6 Å². The highest BCUT2D eigenvalue weighted by molar-refractivity contribution is 7.89. The molecule has 0 radical (unpaired) electrons. The van der Waals surface area contributed by atoms with E-state index in [1.165, 1.54) is 22.5 Å². The number of anilines is 1. The molecule has 0 saturated carbocycles. The minimum absolute atomic E-state index is 0.0907. The van der Waals surface area contributed by atoms with Crippen LogP contribution in [0.15, 0.2) is 41.3 Å². The van der Waals surface area contributed by atoms with Crippen molar-refractivity contribution in [3.63, 3.8) is 0 Å². The normalized spacial score (nSPS) is 11.5. The third-order valence-electron chi connectivity index (χ3n) is 4.39. The summed E-state index contributed by atoms with van der Waals surface area (Å²) in [7, 11) is -2.06. The van der Waals surface area contributed by atoms with Crippen molar-refractivity contribution < 1.29 is 17.9 Å². The van der Waals surface area contributed by atoms with Crippen molar-refractivity contribution in [2.75, 3.05) is 25.5 Å². The SMILES string of the molecule is CCN(CC)S(=O)(=O)c1ccc(Cl)c(NC(=O)Cc2ccc(C)c(OC)c2)c1. The lowest BCUT2D eigenvalue weighted by atomic mass is 10.1. The molecule has 2 aromatic carbocycles. The van der Waals surface area contributed by atoms with E-state index in [-0.39, 0.29) is 27.9 Å². The molecule has 6 nitrogen and oxygen atoms in total. The largest absolute Gasteiger partial charge is 0.496 e. The molecular formula is C20H25ClN2O4S. The van der Waals surface area contributed by atoms with Crippen LogP contribution >= 0.6 is 11.6 Å². The van der Waals surface area contributed by atoms with Gasteiger partial charge in [-0.2, -0.15) is 4.31 Å². The molecule has 0 atom stereocenters. The fourth-order valence-electron chi connectivity index (χ4n) is 2.83. The first-order valence-corrected chi connectivity index (χ1v) is 10.8. The second-order valence-corrected chi connectivity index (χ2v) is 8.61. The number of hydrogen-bond donors (Lipinski definition) is 1. The summed E-state index contributed by atoms with van der Waals surface area (Å²) in [5.74, 6) is 0.404. The summed E-state index contributed by atoms with van der Waals surface area (Å²) < 4.78 is 32.0. The van der Waals surface area contributed by atoms with E-state index in [4.69, 9.17) is 16.3 Å². The third kappa shape index (κ3) is 5.04. The fourth-order valence-corrected chi connectivity index (χ4v) is 4.48. The van der Waals surface area contributed by atoms with Crippen LogP contribution in [0, 0.1) is 6.92 Å². The number of halogens is 1. The Morgan fingerprint density at radius 2 is 1.82 bits per heavy atom. The summed E-state index contributed by atoms with van der Waals surface area (Å²) >= 11 is 6.17. The molecule has 0 unspecified atom stereocenters. The smallest absolute Gasteiger partial charge is 0.243 e. The molecule has 0 bridgehead atoms. The first-order valence-electron chi connectivity index (χ1n) is 8.96. The number of carbonyl (C=O) groups excluding carboxylic acids is 1. The average Bonchev–Trinajstić information content (AvgIpc) is 2.65. The number of rotatable bonds is 8. The fraction of sp³-hybridized carbons (Fsp3) is 0.350. The monoisotopic (exact) mass is 424 g/mol. The van der Waals surface area contributed by atoms with Gasteiger partial charge in [0.25, 0.3) is 0 Å². The van der Waals surface area contributed by atoms with Crippen molar-refractivity contribution in [1.82, 2.24) is 4.31 Å². The minimum atomic E-state index is -3.64. The summed E-state index contributed by atoms with van der Waals surface area (Å²) in [6.07, 6.45) is 0.111. The average molecular weight is 425 g/mol. The number of nitrogens with one attached hydrogen (secondary N) is 1. The number of benzene rings is 2. The Hall–Kier alpha value is -2.09. The van der Waals surface area contributed by atoms with Crippen molar-refractivity contribution in [3.05, 3.63) is 52.5 Å². The van der Waals surface area contributed by atoms with Crippen LogP contribution in [0.25, 0.3) is 0 Å². The molecule has 0 fully saturated rings. The lowest BCUT2D eigenvalue weighted by Crippen LogP contribution is -2.30. The molecule has 2 aromatic rings. The van der Waals surface area contributed by atoms with Crippen LogP contribution in [-0.2, 0) is 21.2 Å². The standard InChI is InChI=1S/C20H25ClN2O4S/c1-5-23(6-2)28(25,26)16-9-10-17(21)18(13-16)22-20(24)12-15-8-7-14(3)19(11-15)27-4/h7-11,13H,5-6,12H2,1-4H3,(H,22,24). The van der Waals surface area contributed by atoms with Gasteiger partial charge in [-0.05, 0) is 42.3 Å². The maximum Gasteiger partial charge on any atom is 0.243 e. The number of nitrogens with zero attached hydrogens (tertiary/aromatic N) is 1. The van der Waals surface area contributed by atoms with E-state index in [2.05, 4.69) is 5.32 Å². The highest BCUT2D eigenvalue weighted by Crippen LogP contribution is 2.27. The van der Waals surface area contributed by atoms with Gasteiger partial charge in [-0.15, -0.1) is 0 Å². The van der Waals surface area contributed by atoms with E-state index >= 15 is 0 Å². The molecule has 0 heterocycles. The van der Waals surface area contributed by atoms with Gasteiger partial charge in [0.05, 0.1) is 29.1 Å². The van der Waals surface area contributed by atoms with E-state index in [0.29, 0.717) is 18.8 Å². The number of amides is 1. The van der Waals surface area contributed by atoms with Crippen LogP contribution < -0.4 is 10.1 Å². The van der Waals surface area contributed by atoms with Crippen molar-refractivity contribution in [1.29, 1.82) is 0 Å². The number of aryl methyl sites for hydroxylation is 1. The van der Waals surface area contributed by atoms with Gasteiger partial charge < -0.3 is 10.1 Å². The molecule has 8 heteroatoms. The van der Waals surface area contributed by atoms with Crippen molar-refractivity contribution in [2.45, 2.75) is 32.1 Å².